The molecule has 0 saturated heterocycles. The van der Waals surface area contributed by atoms with Crippen LogP contribution in [0.5, 0.6) is 0 Å². The van der Waals surface area contributed by atoms with E-state index >= 15 is 0 Å². The van der Waals surface area contributed by atoms with Gasteiger partial charge in [0.1, 0.15) is 5.58 Å². The highest BCUT2D eigenvalue weighted by Crippen LogP contribution is 2.23. The molecule has 1 amide bonds. The Labute approximate surface area is 119 Å². The van der Waals surface area contributed by atoms with E-state index in [4.69, 9.17) is 10.2 Å². The van der Waals surface area contributed by atoms with Crippen LogP contribution < -0.4 is 5.73 Å². The van der Waals surface area contributed by atoms with Crippen LogP contribution in [0.4, 0.5) is 5.69 Å². The number of rotatable bonds is 5. The van der Waals surface area contributed by atoms with Gasteiger partial charge in [-0.25, -0.2) is 0 Å². The summed E-state index contributed by atoms with van der Waals surface area (Å²) in [4.78, 5) is 14.3. The van der Waals surface area contributed by atoms with Gasteiger partial charge in [0, 0.05) is 24.2 Å². The summed E-state index contributed by atoms with van der Waals surface area (Å²) in [6.07, 6.45) is 1.06. The molecule has 20 heavy (non-hydrogen) atoms. The predicted octanol–water partition coefficient (Wildman–Crippen LogP) is 3.52. The third-order valence-electron chi connectivity index (χ3n) is 3.65. The number of anilines is 1. The molecule has 0 aliphatic carbocycles. The molecule has 0 bridgehead atoms. The topological polar surface area (TPSA) is 59.5 Å². The monoisotopic (exact) mass is 274 g/mol. The van der Waals surface area contributed by atoms with Gasteiger partial charge >= 0.3 is 0 Å². The third kappa shape index (κ3) is 2.95. The lowest BCUT2D eigenvalue weighted by atomic mass is 10.1. The van der Waals surface area contributed by atoms with Crippen molar-refractivity contribution in [1.29, 1.82) is 0 Å². The van der Waals surface area contributed by atoms with Crippen LogP contribution in [0, 0.1) is 5.92 Å². The van der Waals surface area contributed by atoms with E-state index in [2.05, 4.69) is 13.8 Å². The second-order valence-corrected chi connectivity index (χ2v) is 5.27. The van der Waals surface area contributed by atoms with Crippen molar-refractivity contribution in [3.8, 4) is 0 Å². The summed E-state index contributed by atoms with van der Waals surface area (Å²) < 4.78 is 5.64. The summed E-state index contributed by atoms with van der Waals surface area (Å²) in [7, 11) is 0. The molecular formula is C16H22N2O2. The van der Waals surface area contributed by atoms with Crippen molar-refractivity contribution in [3.63, 3.8) is 0 Å². The molecule has 4 heteroatoms. The van der Waals surface area contributed by atoms with Crippen molar-refractivity contribution in [2.75, 3.05) is 18.8 Å². The van der Waals surface area contributed by atoms with Gasteiger partial charge in [-0.2, -0.15) is 0 Å². The number of hydrogen-bond acceptors (Lipinski definition) is 3. The fourth-order valence-corrected chi connectivity index (χ4v) is 2.18. The molecule has 1 unspecified atom stereocenters. The lowest BCUT2D eigenvalue weighted by Gasteiger charge is -2.22. The molecule has 0 spiro atoms. The maximum atomic E-state index is 12.5. The van der Waals surface area contributed by atoms with Crippen molar-refractivity contribution in [3.05, 3.63) is 30.0 Å². The van der Waals surface area contributed by atoms with Gasteiger partial charge in [0.15, 0.2) is 5.76 Å². The first-order valence-electron chi connectivity index (χ1n) is 7.13. The SMILES string of the molecule is CCC(C)CN(CC)C(=O)c1cc2cc(N)ccc2o1. The zero-order chi connectivity index (χ0) is 14.7. The second-order valence-electron chi connectivity index (χ2n) is 5.27. The molecule has 1 atom stereocenters. The minimum Gasteiger partial charge on any atom is -0.451 e. The summed E-state index contributed by atoms with van der Waals surface area (Å²) in [5, 5.41) is 0.868. The smallest absolute Gasteiger partial charge is 0.289 e. The largest absolute Gasteiger partial charge is 0.451 e. The zero-order valence-electron chi connectivity index (χ0n) is 12.3. The molecule has 0 aliphatic heterocycles. The minimum atomic E-state index is -0.0532. The second kappa shape index (κ2) is 5.99. The van der Waals surface area contributed by atoms with E-state index in [9.17, 15) is 4.79 Å². The molecular weight excluding hydrogens is 252 g/mol. The Hall–Kier alpha value is -1.97. The fraction of sp³-hybridized carbons (Fsp3) is 0.438. The van der Waals surface area contributed by atoms with Crippen LogP contribution in [0.3, 0.4) is 0 Å². The lowest BCUT2D eigenvalue weighted by Crippen LogP contribution is -2.34. The molecule has 2 rings (SSSR count). The molecule has 4 nitrogen and oxygen atoms in total. The number of carbonyl (C=O) groups excluding carboxylic acids is 1. The minimum absolute atomic E-state index is 0.0532. The summed E-state index contributed by atoms with van der Waals surface area (Å²) in [5.74, 6) is 0.817. The van der Waals surface area contributed by atoms with Crippen LogP contribution in [-0.4, -0.2) is 23.9 Å². The summed E-state index contributed by atoms with van der Waals surface area (Å²) in [6, 6.07) is 7.16. The number of nitrogens with two attached hydrogens (primary N) is 1. The van der Waals surface area contributed by atoms with Crippen molar-refractivity contribution in [1.82, 2.24) is 4.90 Å². The molecule has 1 aromatic heterocycles. The molecule has 1 aromatic carbocycles. The number of nitrogens with zero attached hydrogens (tertiary/aromatic N) is 1. The van der Waals surface area contributed by atoms with E-state index in [1.807, 2.05) is 17.9 Å². The number of furan rings is 1. The molecule has 0 radical (unpaired) electrons. The Morgan fingerprint density at radius 3 is 2.75 bits per heavy atom. The molecule has 0 aliphatic rings. The normalized spacial score (nSPS) is 12.6. The van der Waals surface area contributed by atoms with E-state index in [0.717, 1.165) is 18.4 Å². The number of fused-ring (bicyclic) bond motifs is 1. The lowest BCUT2D eigenvalue weighted by molar-refractivity contribution is 0.0711. The number of carbonyl (C=O) groups is 1. The molecule has 108 valence electrons. The molecule has 2 aromatic rings. The Balaban J connectivity index is 2.25. The number of benzene rings is 1. The fourth-order valence-electron chi connectivity index (χ4n) is 2.18. The van der Waals surface area contributed by atoms with Gasteiger partial charge in [0.2, 0.25) is 0 Å². The predicted molar refractivity (Wildman–Crippen MR) is 81.7 cm³/mol. The van der Waals surface area contributed by atoms with Crippen LogP contribution in [0.15, 0.2) is 28.7 Å². The van der Waals surface area contributed by atoms with Crippen molar-refractivity contribution >= 4 is 22.6 Å². The highest BCUT2D eigenvalue weighted by atomic mass is 16.3. The summed E-state index contributed by atoms with van der Waals surface area (Å²) in [5.41, 5.74) is 7.11. The quantitative estimate of drug-likeness (QED) is 0.849. The Kier molecular flexibility index (Phi) is 4.32. The van der Waals surface area contributed by atoms with Gasteiger partial charge in [-0.1, -0.05) is 20.3 Å². The highest BCUT2D eigenvalue weighted by Gasteiger charge is 2.20. The van der Waals surface area contributed by atoms with Gasteiger partial charge in [-0.05, 0) is 37.1 Å². The van der Waals surface area contributed by atoms with Crippen molar-refractivity contribution in [2.45, 2.75) is 27.2 Å². The van der Waals surface area contributed by atoms with E-state index in [0.29, 0.717) is 29.5 Å². The van der Waals surface area contributed by atoms with Crippen LogP contribution in [0.1, 0.15) is 37.7 Å². The average molecular weight is 274 g/mol. The van der Waals surface area contributed by atoms with Gasteiger partial charge in [0.25, 0.3) is 5.91 Å². The van der Waals surface area contributed by atoms with Gasteiger partial charge in [0.05, 0.1) is 0 Å². The first-order valence-corrected chi connectivity index (χ1v) is 7.13. The maximum Gasteiger partial charge on any atom is 0.289 e. The van der Waals surface area contributed by atoms with E-state index < -0.39 is 0 Å². The molecule has 2 N–H and O–H groups in total. The molecule has 1 heterocycles. The maximum absolute atomic E-state index is 12.5. The Morgan fingerprint density at radius 1 is 1.35 bits per heavy atom. The standard InChI is InChI=1S/C16H22N2O2/c1-4-11(3)10-18(5-2)16(19)15-9-12-8-13(17)6-7-14(12)20-15/h6-9,11H,4-5,10,17H2,1-3H3. The van der Waals surface area contributed by atoms with Crippen LogP contribution in [0.2, 0.25) is 0 Å². The van der Waals surface area contributed by atoms with E-state index in [-0.39, 0.29) is 5.91 Å². The average Bonchev–Trinajstić information content (AvgIpc) is 2.86. The first kappa shape index (κ1) is 14.4. The van der Waals surface area contributed by atoms with Crippen molar-refractivity contribution < 1.29 is 9.21 Å². The third-order valence-corrected chi connectivity index (χ3v) is 3.65. The van der Waals surface area contributed by atoms with Crippen molar-refractivity contribution in [2.24, 2.45) is 5.92 Å². The van der Waals surface area contributed by atoms with Gasteiger partial charge < -0.3 is 15.1 Å². The molecule has 0 fully saturated rings. The van der Waals surface area contributed by atoms with Gasteiger partial charge in [-0.15, -0.1) is 0 Å². The zero-order valence-corrected chi connectivity index (χ0v) is 12.3. The van der Waals surface area contributed by atoms with Gasteiger partial charge in [-0.3, -0.25) is 4.79 Å². The molecule has 0 saturated carbocycles. The number of hydrogen-bond donors (Lipinski definition) is 1. The number of amides is 1. The Morgan fingerprint density at radius 2 is 2.10 bits per heavy atom. The van der Waals surface area contributed by atoms with Crippen LogP contribution in [-0.2, 0) is 0 Å². The van der Waals surface area contributed by atoms with Crippen LogP contribution in [0.25, 0.3) is 11.0 Å². The summed E-state index contributed by atoms with van der Waals surface area (Å²) in [6.45, 7) is 7.70. The van der Waals surface area contributed by atoms with Crippen LogP contribution >= 0.6 is 0 Å². The van der Waals surface area contributed by atoms with E-state index in [1.165, 1.54) is 0 Å². The number of nitrogen functional groups attached to an aromatic ring is 1. The Bertz CT molecular complexity index is 604. The van der Waals surface area contributed by atoms with E-state index in [1.54, 1.807) is 18.2 Å². The summed E-state index contributed by atoms with van der Waals surface area (Å²) >= 11 is 0. The highest BCUT2D eigenvalue weighted by molar-refractivity contribution is 5.96. The first-order chi connectivity index (χ1) is 9.55.